The molecular weight excluding hydrogens is 286 g/mol. The summed E-state index contributed by atoms with van der Waals surface area (Å²) >= 11 is 5.72. The summed E-state index contributed by atoms with van der Waals surface area (Å²) < 4.78 is 5.61. The van der Waals surface area contributed by atoms with Crippen LogP contribution in [-0.2, 0) is 0 Å². The van der Waals surface area contributed by atoms with E-state index in [-0.39, 0.29) is 17.4 Å². The number of rotatable bonds is 8. The molecule has 0 aliphatic rings. The molecule has 1 aromatic carbocycles. The molecule has 0 saturated heterocycles. The Morgan fingerprint density at radius 1 is 1.38 bits per heavy atom. The maximum atomic E-state index is 12.2. The minimum Gasteiger partial charge on any atom is -0.491 e. The third-order valence-corrected chi connectivity index (χ3v) is 3.45. The molecule has 1 rings (SSSR count). The molecule has 1 amide bonds. The largest absolute Gasteiger partial charge is 0.491 e. The Labute approximate surface area is 133 Å². The summed E-state index contributed by atoms with van der Waals surface area (Å²) in [6.45, 7) is 8.84. The predicted octanol–water partition coefficient (Wildman–Crippen LogP) is 4.25. The highest BCUT2D eigenvalue weighted by Gasteiger charge is 2.18. The van der Waals surface area contributed by atoms with Crippen molar-refractivity contribution in [1.29, 1.82) is 0 Å². The lowest BCUT2D eigenvalue weighted by Crippen LogP contribution is -2.34. The summed E-state index contributed by atoms with van der Waals surface area (Å²) in [7, 11) is 0. The molecule has 0 aliphatic heterocycles. The second-order valence-corrected chi connectivity index (χ2v) is 6.71. The summed E-state index contributed by atoms with van der Waals surface area (Å²) in [4.78, 5) is 12.2. The van der Waals surface area contributed by atoms with Crippen LogP contribution in [0.1, 0.15) is 50.9 Å². The smallest absolute Gasteiger partial charge is 0.251 e. The van der Waals surface area contributed by atoms with Gasteiger partial charge >= 0.3 is 0 Å². The highest BCUT2D eigenvalue weighted by atomic mass is 35.5. The van der Waals surface area contributed by atoms with Gasteiger partial charge in [0.05, 0.1) is 6.10 Å². The van der Waals surface area contributed by atoms with E-state index < -0.39 is 0 Å². The molecule has 21 heavy (non-hydrogen) atoms. The molecule has 0 unspecified atom stereocenters. The fourth-order valence-corrected chi connectivity index (χ4v) is 2.17. The number of nitrogens with one attached hydrogen (secondary N) is 1. The maximum Gasteiger partial charge on any atom is 0.251 e. The molecular formula is C17H26ClNO2. The third kappa shape index (κ3) is 6.85. The van der Waals surface area contributed by atoms with E-state index in [1.807, 2.05) is 26.0 Å². The highest BCUT2D eigenvalue weighted by molar-refractivity contribution is 6.17. The van der Waals surface area contributed by atoms with Crippen LogP contribution in [0.4, 0.5) is 0 Å². The summed E-state index contributed by atoms with van der Waals surface area (Å²) in [5.74, 6) is 1.31. The van der Waals surface area contributed by atoms with E-state index >= 15 is 0 Å². The minimum absolute atomic E-state index is 0.0522. The van der Waals surface area contributed by atoms with Crippen molar-refractivity contribution in [2.24, 2.45) is 5.41 Å². The highest BCUT2D eigenvalue weighted by Crippen LogP contribution is 2.22. The maximum absolute atomic E-state index is 12.2. The first kappa shape index (κ1) is 17.8. The lowest BCUT2D eigenvalue weighted by Gasteiger charge is -2.24. The van der Waals surface area contributed by atoms with Gasteiger partial charge in [0.2, 0.25) is 0 Å². The van der Waals surface area contributed by atoms with Gasteiger partial charge in [-0.1, -0.05) is 19.9 Å². The van der Waals surface area contributed by atoms with E-state index in [1.54, 1.807) is 12.1 Å². The van der Waals surface area contributed by atoms with Gasteiger partial charge in [0.15, 0.2) is 0 Å². The monoisotopic (exact) mass is 311 g/mol. The average Bonchev–Trinajstić information content (AvgIpc) is 2.42. The number of carbonyl (C=O) groups is 1. The van der Waals surface area contributed by atoms with Crippen LogP contribution in [0, 0.1) is 5.41 Å². The molecule has 0 fully saturated rings. The molecule has 4 heteroatoms. The Balaban J connectivity index is 2.59. The number of hydrogen-bond acceptors (Lipinski definition) is 2. The second kappa shape index (κ2) is 8.28. The van der Waals surface area contributed by atoms with E-state index in [9.17, 15) is 4.79 Å². The lowest BCUT2D eigenvalue weighted by molar-refractivity contribution is 0.0934. The van der Waals surface area contributed by atoms with Crippen LogP contribution < -0.4 is 10.1 Å². The van der Waals surface area contributed by atoms with Crippen LogP contribution in [-0.4, -0.2) is 24.4 Å². The van der Waals surface area contributed by atoms with Crippen molar-refractivity contribution in [1.82, 2.24) is 5.32 Å². The van der Waals surface area contributed by atoms with Crippen molar-refractivity contribution in [2.75, 3.05) is 12.4 Å². The van der Waals surface area contributed by atoms with Crippen molar-refractivity contribution < 1.29 is 9.53 Å². The second-order valence-electron chi connectivity index (χ2n) is 6.33. The van der Waals surface area contributed by atoms with Crippen molar-refractivity contribution in [3.8, 4) is 5.75 Å². The lowest BCUT2D eigenvalue weighted by atomic mass is 9.88. The molecule has 0 bridgehead atoms. The summed E-state index contributed by atoms with van der Waals surface area (Å²) in [5, 5.41) is 2.99. The molecule has 1 aromatic rings. The van der Waals surface area contributed by atoms with Gasteiger partial charge in [-0.2, -0.15) is 0 Å². The van der Waals surface area contributed by atoms with Crippen LogP contribution in [0.15, 0.2) is 24.3 Å². The van der Waals surface area contributed by atoms with Gasteiger partial charge in [-0.05, 0) is 50.3 Å². The molecule has 118 valence electrons. The fourth-order valence-electron chi connectivity index (χ4n) is 2.04. The number of amides is 1. The Hall–Kier alpha value is -1.22. The van der Waals surface area contributed by atoms with Crippen molar-refractivity contribution >= 4 is 17.5 Å². The first-order valence-electron chi connectivity index (χ1n) is 7.45. The summed E-state index contributed by atoms with van der Waals surface area (Å²) in [6.07, 6.45) is 2.05. The SMILES string of the molecule is CC(C)Oc1cccc(C(=O)NCC(C)(C)CCCCl)c1. The van der Waals surface area contributed by atoms with Gasteiger partial charge in [-0.15, -0.1) is 11.6 Å². The first-order chi connectivity index (χ1) is 9.84. The first-order valence-corrected chi connectivity index (χ1v) is 7.98. The number of carbonyl (C=O) groups excluding carboxylic acids is 1. The Bertz CT molecular complexity index is 458. The summed E-state index contributed by atoms with van der Waals surface area (Å²) in [5.41, 5.74) is 0.678. The Morgan fingerprint density at radius 2 is 2.10 bits per heavy atom. The van der Waals surface area contributed by atoms with Gasteiger partial charge in [0.25, 0.3) is 5.91 Å². The Kier molecular flexibility index (Phi) is 7.03. The number of alkyl halides is 1. The van der Waals surface area contributed by atoms with Gasteiger partial charge in [0, 0.05) is 18.0 Å². The zero-order valence-electron chi connectivity index (χ0n) is 13.4. The van der Waals surface area contributed by atoms with E-state index in [4.69, 9.17) is 16.3 Å². The standard InChI is InChI=1S/C17H26ClNO2/c1-13(2)21-15-8-5-7-14(11-15)16(20)19-12-17(3,4)9-6-10-18/h5,7-8,11,13H,6,9-10,12H2,1-4H3,(H,19,20). The van der Waals surface area contributed by atoms with E-state index in [2.05, 4.69) is 19.2 Å². The van der Waals surface area contributed by atoms with E-state index in [1.165, 1.54) is 0 Å². The zero-order valence-corrected chi connectivity index (χ0v) is 14.2. The minimum atomic E-state index is -0.0665. The van der Waals surface area contributed by atoms with Crippen molar-refractivity contribution in [3.05, 3.63) is 29.8 Å². The third-order valence-electron chi connectivity index (χ3n) is 3.18. The van der Waals surface area contributed by atoms with Gasteiger partial charge in [-0.25, -0.2) is 0 Å². The molecule has 0 spiro atoms. The fraction of sp³-hybridized carbons (Fsp3) is 0.588. The molecule has 0 saturated carbocycles. The molecule has 3 nitrogen and oxygen atoms in total. The molecule has 1 N–H and O–H groups in total. The van der Waals surface area contributed by atoms with Gasteiger partial charge < -0.3 is 10.1 Å². The van der Waals surface area contributed by atoms with Crippen LogP contribution in [0.3, 0.4) is 0 Å². The van der Waals surface area contributed by atoms with Crippen LogP contribution in [0.5, 0.6) is 5.75 Å². The molecule has 0 radical (unpaired) electrons. The normalized spacial score (nSPS) is 11.5. The van der Waals surface area contributed by atoms with Crippen LogP contribution in [0.25, 0.3) is 0 Å². The number of halogens is 1. The van der Waals surface area contributed by atoms with Gasteiger partial charge in [0.1, 0.15) is 5.75 Å². The molecule has 0 heterocycles. The van der Waals surface area contributed by atoms with Gasteiger partial charge in [-0.3, -0.25) is 4.79 Å². The molecule has 0 aliphatic carbocycles. The van der Waals surface area contributed by atoms with Crippen molar-refractivity contribution in [3.63, 3.8) is 0 Å². The van der Waals surface area contributed by atoms with E-state index in [0.717, 1.165) is 18.6 Å². The number of hydrogen-bond donors (Lipinski definition) is 1. The Morgan fingerprint density at radius 3 is 2.71 bits per heavy atom. The predicted molar refractivity (Wildman–Crippen MR) is 88.3 cm³/mol. The van der Waals surface area contributed by atoms with Crippen LogP contribution in [0.2, 0.25) is 0 Å². The topological polar surface area (TPSA) is 38.3 Å². The number of benzene rings is 1. The quantitative estimate of drug-likeness (QED) is 0.729. The molecule has 0 atom stereocenters. The van der Waals surface area contributed by atoms with Crippen molar-refractivity contribution in [2.45, 2.75) is 46.6 Å². The average molecular weight is 312 g/mol. The summed E-state index contributed by atoms with van der Waals surface area (Å²) in [6, 6.07) is 7.28. The number of ether oxygens (including phenoxy) is 1. The van der Waals surface area contributed by atoms with E-state index in [0.29, 0.717) is 18.0 Å². The molecule has 0 aromatic heterocycles. The zero-order chi connectivity index (χ0) is 15.9. The van der Waals surface area contributed by atoms with Crippen LogP contribution >= 0.6 is 11.6 Å².